The van der Waals surface area contributed by atoms with Crippen LogP contribution in [0.1, 0.15) is 10.4 Å². The minimum atomic E-state index is 0.672. The van der Waals surface area contributed by atoms with Gasteiger partial charge in [0.05, 0.1) is 0 Å². The number of aryl methyl sites for hydroxylation is 1. The van der Waals surface area contributed by atoms with Gasteiger partial charge in [-0.05, 0) is 18.6 Å². The van der Waals surface area contributed by atoms with E-state index in [1.807, 2.05) is 0 Å². The second-order valence-electron chi connectivity index (χ2n) is 1.96. The van der Waals surface area contributed by atoms with Crippen LogP contribution in [0.15, 0.2) is 6.07 Å². The molecule has 1 nitrogen and oxygen atoms in total. The van der Waals surface area contributed by atoms with E-state index in [1.54, 1.807) is 11.3 Å². The average molecular weight is 159 g/mol. The summed E-state index contributed by atoms with van der Waals surface area (Å²) >= 11 is 1.75. The third-order valence-corrected chi connectivity index (χ3v) is 2.83. The first kappa shape index (κ1) is 7.20. The first-order valence-corrected chi connectivity index (χ1v) is 4.18. The van der Waals surface area contributed by atoms with Crippen molar-refractivity contribution in [3.05, 3.63) is 16.5 Å². The van der Waals surface area contributed by atoms with Gasteiger partial charge in [-0.15, -0.1) is 11.3 Å². The molecule has 3 heteroatoms. The molecule has 1 unspecified atom stereocenters. The Kier molecular flexibility index (Phi) is 2.23. The molecule has 9 heavy (non-hydrogen) atoms. The Hall–Kier alpha value is 0.0900. The Bertz CT molecular complexity index is 207. The van der Waals surface area contributed by atoms with Crippen LogP contribution in [0.25, 0.3) is 0 Å². The van der Waals surface area contributed by atoms with Crippen LogP contribution < -0.4 is 10.4 Å². The van der Waals surface area contributed by atoms with Gasteiger partial charge in [-0.1, -0.05) is 9.24 Å². The zero-order valence-electron chi connectivity index (χ0n) is 5.35. The minimum absolute atomic E-state index is 0.672. The minimum Gasteiger partial charge on any atom is -0.326 e. The van der Waals surface area contributed by atoms with Crippen LogP contribution in [0.2, 0.25) is 0 Å². The van der Waals surface area contributed by atoms with Gasteiger partial charge in [0.2, 0.25) is 0 Å². The van der Waals surface area contributed by atoms with E-state index in [-0.39, 0.29) is 0 Å². The topological polar surface area (TPSA) is 26.0 Å². The summed E-state index contributed by atoms with van der Waals surface area (Å²) in [6.45, 7) is 2.76. The second-order valence-corrected chi connectivity index (χ2v) is 4.17. The van der Waals surface area contributed by atoms with Gasteiger partial charge in [0, 0.05) is 16.0 Å². The normalized spacial score (nSPS) is 10.1. The van der Waals surface area contributed by atoms with Gasteiger partial charge in [-0.25, -0.2) is 0 Å². The fraction of sp³-hybridized carbons (Fsp3) is 0.333. The summed E-state index contributed by atoms with van der Waals surface area (Å²) in [5.74, 6) is 0. The summed E-state index contributed by atoms with van der Waals surface area (Å²) < 4.78 is 1.27. The zero-order chi connectivity index (χ0) is 6.85. The smallest absolute Gasteiger partial charge is 0.0276 e. The highest BCUT2D eigenvalue weighted by atomic mass is 32.1. The van der Waals surface area contributed by atoms with Crippen molar-refractivity contribution in [3.8, 4) is 0 Å². The summed E-state index contributed by atoms with van der Waals surface area (Å²) in [6, 6.07) is 2.14. The predicted molar refractivity (Wildman–Crippen MR) is 46.3 cm³/mol. The Labute approximate surface area is 61.5 Å². The van der Waals surface area contributed by atoms with Gasteiger partial charge < -0.3 is 5.73 Å². The summed E-state index contributed by atoms with van der Waals surface area (Å²) in [4.78, 5) is 1.29. The molecule has 0 aromatic carbocycles. The summed E-state index contributed by atoms with van der Waals surface area (Å²) in [5.41, 5.74) is 6.78. The van der Waals surface area contributed by atoms with Crippen LogP contribution in [-0.4, -0.2) is 0 Å². The van der Waals surface area contributed by atoms with Crippen LogP contribution in [0.4, 0.5) is 0 Å². The molecule has 0 amide bonds. The SMILES string of the molecule is Cc1cc(P)sc1CN. The van der Waals surface area contributed by atoms with Crippen LogP contribution in [0, 0.1) is 6.92 Å². The van der Waals surface area contributed by atoms with E-state index in [0.717, 1.165) is 0 Å². The van der Waals surface area contributed by atoms with Crippen LogP contribution in [-0.2, 0) is 6.54 Å². The largest absolute Gasteiger partial charge is 0.326 e. The monoisotopic (exact) mass is 159 g/mol. The number of hydrogen-bond donors (Lipinski definition) is 1. The van der Waals surface area contributed by atoms with E-state index in [0.29, 0.717) is 6.54 Å². The second kappa shape index (κ2) is 2.78. The highest BCUT2D eigenvalue weighted by molar-refractivity contribution is 7.43. The summed E-state index contributed by atoms with van der Waals surface area (Å²) in [5, 5.41) is 0. The number of hydrogen-bond acceptors (Lipinski definition) is 2. The van der Waals surface area contributed by atoms with E-state index in [1.165, 1.54) is 15.1 Å². The Morgan fingerprint density at radius 2 is 2.44 bits per heavy atom. The molecule has 1 heterocycles. The lowest BCUT2D eigenvalue weighted by atomic mass is 10.3. The zero-order valence-corrected chi connectivity index (χ0v) is 7.32. The Morgan fingerprint density at radius 3 is 2.67 bits per heavy atom. The van der Waals surface area contributed by atoms with Crippen LogP contribution in [0.3, 0.4) is 0 Å². The summed E-state index contributed by atoms with van der Waals surface area (Å²) in [6.07, 6.45) is 0. The van der Waals surface area contributed by atoms with Gasteiger partial charge in [-0.3, -0.25) is 0 Å². The molecule has 0 radical (unpaired) electrons. The van der Waals surface area contributed by atoms with Crippen molar-refractivity contribution in [3.63, 3.8) is 0 Å². The maximum atomic E-state index is 5.47. The average Bonchev–Trinajstić information content (AvgIpc) is 2.10. The van der Waals surface area contributed by atoms with Crippen LogP contribution >= 0.6 is 20.6 Å². The molecule has 0 aliphatic rings. The predicted octanol–water partition coefficient (Wildman–Crippen LogP) is 1.02. The van der Waals surface area contributed by atoms with Crippen molar-refractivity contribution < 1.29 is 0 Å². The lowest BCUT2D eigenvalue weighted by Crippen LogP contribution is -1.93. The number of nitrogens with two attached hydrogens (primary N) is 1. The molecule has 1 rings (SSSR count). The molecular formula is C6H10NPS. The molecule has 1 aromatic heterocycles. The van der Waals surface area contributed by atoms with Crippen molar-refractivity contribution in [2.24, 2.45) is 5.73 Å². The van der Waals surface area contributed by atoms with E-state index in [4.69, 9.17) is 5.73 Å². The third kappa shape index (κ3) is 1.51. The molecule has 1 atom stereocenters. The summed E-state index contributed by atoms with van der Waals surface area (Å²) in [7, 11) is 2.68. The molecule has 0 saturated heterocycles. The number of thiophene rings is 1. The fourth-order valence-corrected chi connectivity index (χ4v) is 2.25. The quantitative estimate of drug-likeness (QED) is 0.608. The first-order valence-electron chi connectivity index (χ1n) is 2.79. The fourth-order valence-electron chi connectivity index (χ4n) is 0.749. The van der Waals surface area contributed by atoms with Gasteiger partial charge in [0.15, 0.2) is 0 Å². The molecule has 50 valence electrons. The van der Waals surface area contributed by atoms with Gasteiger partial charge in [0.1, 0.15) is 0 Å². The molecule has 0 aliphatic carbocycles. The number of rotatable bonds is 1. The molecule has 0 fully saturated rings. The Balaban J connectivity index is 3.01. The molecule has 0 bridgehead atoms. The van der Waals surface area contributed by atoms with Gasteiger partial charge >= 0.3 is 0 Å². The van der Waals surface area contributed by atoms with Crippen molar-refractivity contribution in [1.29, 1.82) is 0 Å². The first-order chi connectivity index (χ1) is 4.24. The molecule has 0 saturated carbocycles. The molecule has 2 N–H and O–H groups in total. The molecular weight excluding hydrogens is 149 g/mol. The Morgan fingerprint density at radius 1 is 1.78 bits per heavy atom. The van der Waals surface area contributed by atoms with E-state index in [9.17, 15) is 0 Å². The van der Waals surface area contributed by atoms with Gasteiger partial charge in [-0.2, -0.15) is 0 Å². The van der Waals surface area contributed by atoms with Crippen molar-refractivity contribution in [2.45, 2.75) is 13.5 Å². The van der Waals surface area contributed by atoms with E-state index in [2.05, 4.69) is 22.2 Å². The van der Waals surface area contributed by atoms with Gasteiger partial charge in [0.25, 0.3) is 0 Å². The maximum Gasteiger partial charge on any atom is 0.0276 e. The highest BCUT2D eigenvalue weighted by Crippen LogP contribution is 2.14. The van der Waals surface area contributed by atoms with Crippen LogP contribution in [0.5, 0.6) is 0 Å². The van der Waals surface area contributed by atoms with Crippen molar-refractivity contribution in [1.82, 2.24) is 0 Å². The third-order valence-electron chi connectivity index (χ3n) is 1.23. The van der Waals surface area contributed by atoms with E-state index < -0.39 is 0 Å². The standard InChI is InChI=1S/C6H10NPS/c1-4-2-6(8)9-5(4)3-7/h2H,3,7-8H2,1H3. The molecule has 1 aromatic rings. The highest BCUT2D eigenvalue weighted by Gasteiger charge is 1.98. The van der Waals surface area contributed by atoms with Crippen molar-refractivity contribution in [2.75, 3.05) is 0 Å². The van der Waals surface area contributed by atoms with Crippen molar-refractivity contribution >= 4 is 25.2 Å². The molecule has 0 spiro atoms. The lowest BCUT2D eigenvalue weighted by molar-refractivity contribution is 1.09. The molecule has 0 aliphatic heterocycles. The lowest BCUT2D eigenvalue weighted by Gasteiger charge is -1.88. The maximum absolute atomic E-state index is 5.47. The van der Waals surface area contributed by atoms with E-state index >= 15 is 0 Å².